The summed E-state index contributed by atoms with van der Waals surface area (Å²) in [6, 6.07) is -1.04. The van der Waals surface area contributed by atoms with Gasteiger partial charge in [-0.3, -0.25) is 4.57 Å². The van der Waals surface area contributed by atoms with Crippen LogP contribution in [-0.2, 0) is 4.74 Å². The second-order valence-electron chi connectivity index (χ2n) is 4.43. The molecule has 108 valence electrons. The molecule has 1 fully saturated rings. The van der Waals surface area contributed by atoms with Crippen molar-refractivity contribution in [1.82, 2.24) is 9.55 Å². The van der Waals surface area contributed by atoms with Gasteiger partial charge in [0.2, 0.25) is 0 Å². The van der Waals surface area contributed by atoms with Gasteiger partial charge in [0.1, 0.15) is 24.2 Å². The number of aliphatic hydroxyl groups excluding tert-OH is 2. The summed E-state index contributed by atoms with van der Waals surface area (Å²) in [5.41, 5.74) is 13.9. The molecule has 1 unspecified atom stereocenters. The normalized spacial score (nSPS) is 29.1. The molecule has 0 bridgehead atoms. The number of anilines is 1. The van der Waals surface area contributed by atoms with E-state index >= 15 is 0 Å². The quantitative estimate of drug-likeness (QED) is 0.368. The van der Waals surface area contributed by atoms with Crippen LogP contribution in [0.1, 0.15) is 11.8 Å². The van der Waals surface area contributed by atoms with E-state index in [1.807, 2.05) is 0 Å². The Labute approximate surface area is 113 Å². The van der Waals surface area contributed by atoms with Gasteiger partial charge < -0.3 is 20.7 Å². The molecule has 1 aliphatic heterocycles. The topological polar surface area (TPSA) is 159 Å². The lowest BCUT2D eigenvalue weighted by atomic mass is 10.1. The molecule has 1 aliphatic rings. The Morgan fingerprint density at radius 2 is 2.40 bits per heavy atom. The van der Waals surface area contributed by atoms with Crippen LogP contribution >= 0.6 is 0 Å². The highest BCUT2D eigenvalue weighted by Gasteiger charge is 2.44. The lowest BCUT2D eigenvalue weighted by Gasteiger charge is -2.18. The van der Waals surface area contributed by atoms with Gasteiger partial charge in [-0.1, -0.05) is 5.11 Å². The third-order valence-electron chi connectivity index (χ3n) is 3.15. The number of azide groups is 1. The van der Waals surface area contributed by atoms with Gasteiger partial charge in [0.15, 0.2) is 0 Å². The van der Waals surface area contributed by atoms with E-state index in [0.717, 1.165) is 4.57 Å². The third kappa shape index (κ3) is 2.32. The third-order valence-corrected chi connectivity index (χ3v) is 3.15. The molecule has 0 amide bonds. The first-order chi connectivity index (χ1) is 9.49. The Hall–Kier alpha value is -2.13. The van der Waals surface area contributed by atoms with Crippen LogP contribution in [0.25, 0.3) is 10.4 Å². The Balaban J connectivity index is 2.47. The number of rotatable bonds is 3. The van der Waals surface area contributed by atoms with E-state index < -0.39 is 36.8 Å². The fraction of sp³-hybridized carbons (Fsp3) is 0.600. The van der Waals surface area contributed by atoms with Crippen LogP contribution in [-0.4, -0.2) is 44.6 Å². The van der Waals surface area contributed by atoms with Gasteiger partial charge in [0.25, 0.3) is 0 Å². The van der Waals surface area contributed by atoms with Crippen molar-refractivity contribution in [2.45, 2.75) is 31.4 Å². The molecule has 1 saturated heterocycles. The molecule has 0 aromatic carbocycles. The van der Waals surface area contributed by atoms with E-state index in [-0.39, 0.29) is 5.82 Å². The number of nitrogens with two attached hydrogens (primary N) is 1. The van der Waals surface area contributed by atoms with Crippen LogP contribution in [0.4, 0.5) is 5.82 Å². The highest BCUT2D eigenvalue weighted by Crippen LogP contribution is 2.31. The average molecular weight is 282 g/mol. The zero-order chi connectivity index (χ0) is 14.9. The van der Waals surface area contributed by atoms with E-state index in [1.54, 1.807) is 6.92 Å². The Morgan fingerprint density at radius 3 is 3.00 bits per heavy atom. The summed E-state index contributed by atoms with van der Waals surface area (Å²) >= 11 is 0. The smallest absolute Gasteiger partial charge is 0.351 e. The van der Waals surface area contributed by atoms with Crippen molar-refractivity contribution in [1.29, 1.82) is 0 Å². The van der Waals surface area contributed by atoms with E-state index in [0.29, 0.717) is 5.56 Å². The van der Waals surface area contributed by atoms with Crippen LogP contribution < -0.4 is 11.4 Å². The summed E-state index contributed by atoms with van der Waals surface area (Å²) in [4.78, 5) is 18.1. The number of nitrogens with zero attached hydrogens (tertiary/aromatic N) is 5. The lowest BCUT2D eigenvalue weighted by molar-refractivity contribution is -0.0464. The minimum atomic E-state index is -1.22. The molecule has 10 nitrogen and oxygen atoms in total. The molecule has 20 heavy (non-hydrogen) atoms. The van der Waals surface area contributed by atoms with E-state index in [4.69, 9.17) is 21.1 Å². The molecule has 0 spiro atoms. The Bertz CT molecular complexity index is 610. The van der Waals surface area contributed by atoms with Crippen molar-refractivity contribution in [3.8, 4) is 0 Å². The van der Waals surface area contributed by atoms with Crippen LogP contribution in [0.3, 0.4) is 0 Å². The predicted molar refractivity (Wildman–Crippen MR) is 67.6 cm³/mol. The zero-order valence-electron chi connectivity index (χ0n) is 10.6. The highest BCUT2D eigenvalue weighted by atomic mass is 16.5. The van der Waals surface area contributed by atoms with Crippen LogP contribution in [0.2, 0.25) is 0 Å². The van der Waals surface area contributed by atoms with Crippen molar-refractivity contribution >= 4 is 5.82 Å². The highest BCUT2D eigenvalue weighted by molar-refractivity contribution is 5.35. The van der Waals surface area contributed by atoms with Gasteiger partial charge in [0, 0.05) is 16.7 Å². The van der Waals surface area contributed by atoms with Crippen LogP contribution in [0.15, 0.2) is 16.1 Å². The van der Waals surface area contributed by atoms with E-state index in [2.05, 4.69) is 15.0 Å². The fourth-order valence-electron chi connectivity index (χ4n) is 2.06. The second-order valence-corrected chi connectivity index (χ2v) is 4.43. The van der Waals surface area contributed by atoms with Crippen LogP contribution in [0, 0.1) is 6.92 Å². The second kappa shape index (κ2) is 5.47. The van der Waals surface area contributed by atoms with Crippen molar-refractivity contribution in [3.05, 3.63) is 32.7 Å². The summed E-state index contributed by atoms with van der Waals surface area (Å²) in [6.45, 7) is 1.18. The molecule has 1 aromatic heterocycles. The minimum absolute atomic E-state index is 0.0869. The SMILES string of the molecule is Cc1cn([C@@H]2O[C@H](CO)C(O)[C@@H]2N=[N+]=[N-])c(=O)nc1N. The van der Waals surface area contributed by atoms with Crippen molar-refractivity contribution < 1.29 is 14.9 Å². The monoisotopic (exact) mass is 282 g/mol. The van der Waals surface area contributed by atoms with E-state index in [1.165, 1.54) is 6.20 Å². The van der Waals surface area contributed by atoms with Gasteiger partial charge in [-0.15, -0.1) is 0 Å². The largest absolute Gasteiger partial charge is 0.394 e. The van der Waals surface area contributed by atoms with Crippen molar-refractivity contribution in [2.24, 2.45) is 5.11 Å². The molecule has 0 radical (unpaired) electrons. The number of hydrogen-bond donors (Lipinski definition) is 3. The maximum atomic E-state index is 11.8. The van der Waals surface area contributed by atoms with Gasteiger partial charge in [-0.05, 0) is 12.5 Å². The first kappa shape index (κ1) is 14.3. The molecule has 1 aromatic rings. The molecule has 0 aliphatic carbocycles. The predicted octanol–water partition coefficient (Wildman–Crippen LogP) is -0.937. The molecule has 10 heteroatoms. The summed E-state index contributed by atoms with van der Waals surface area (Å²) in [5, 5.41) is 22.5. The molecular weight excluding hydrogens is 268 g/mol. The molecule has 4 atom stereocenters. The lowest BCUT2D eigenvalue weighted by Crippen LogP contribution is -2.35. The maximum absolute atomic E-state index is 11.8. The number of nitrogen functional groups attached to an aromatic ring is 1. The maximum Gasteiger partial charge on any atom is 0.351 e. The molecule has 2 rings (SSSR count). The number of aryl methyl sites for hydroxylation is 1. The van der Waals surface area contributed by atoms with Gasteiger partial charge in [-0.2, -0.15) is 4.98 Å². The molecule has 2 heterocycles. The molecule has 4 N–H and O–H groups in total. The average Bonchev–Trinajstić information content (AvgIpc) is 2.72. The summed E-state index contributed by atoms with van der Waals surface area (Å²) < 4.78 is 6.45. The summed E-state index contributed by atoms with van der Waals surface area (Å²) in [7, 11) is 0. The number of hydrogen-bond acceptors (Lipinski definition) is 7. The molecule has 0 saturated carbocycles. The standard InChI is InChI=1S/C10H14N6O4/c1-4-2-16(10(19)13-8(4)11)9-6(14-15-12)7(18)5(3-17)20-9/h2,5-7,9,17-18H,3H2,1H3,(H2,11,13,19)/t5-,6+,7?,9-/m1/s1. The summed E-state index contributed by atoms with van der Waals surface area (Å²) in [6.07, 6.45) is -1.80. The molecular formula is C10H14N6O4. The van der Waals surface area contributed by atoms with Crippen LogP contribution in [0.5, 0.6) is 0 Å². The van der Waals surface area contributed by atoms with Gasteiger partial charge in [0.05, 0.1) is 12.7 Å². The van der Waals surface area contributed by atoms with Crippen molar-refractivity contribution in [2.75, 3.05) is 12.3 Å². The Kier molecular flexibility index (Phi) is 3.91. The summed E-state index contributed by atoms with van der Waals surface area (Å²) in [5.74, 6) is 0.0869. The number of aromatic nitrogens is 2. The fourth-order valence-corrected chi connectivity index (χ4v) is 2.06. The number of aliphatic hydroxyl groups is 2. The van der Waals surface area contributed by atoms with Gasteiger partial charge >= 0.3 is 5.69 Å². The van der Waals surface area contributed by atoms with Gasteiger partial charge in [-0.25, -0.2) is 4.79 Å². The zero-order valence-corrected chi connectivity index (χ0v) is 10.6. The van der Waals surface area contributed by atoms with E-state index in [9.17, 15) is 9.90 Å². The van der Waals surface area contributed by atoms with Crippen molar-refractivity contribution in [3.63, 3.8) is 0 Å². The minimum Gasteiger partial charge on any atom is -0.394 e. The first-order valence-electron chi connectivity index (χ1n) is 5.83. The first-order valence-corrected chi connectivity index (χ1v) is 5.83. The Morgan fingerprint density at radius 1 is 1.70 bits per heavy atom. The number of ether oxygens (including phenoxy) is 1.